The van der Waals surface area contributed by atoms with Crippen LogP contribution >= 0.6 is 15.9 Å². The minimum absolute atomic E-state index is 0.0832. The van der Waals surface area contributed by atoms with Gasteiger partial charge in [0.1, 0.15) is 5.75 Å². The van der Waals surface area contributed by atoms with E-state index in [-0.39, 0.29) is 5.41 Å². The second-order valence-electron chi connectivity index (χ2n) is 4.91. The van der Waals surface area contributed by atoms with E-state index in [0.29, 0.717) is 13.2 Å². The van der Waals surface area contributed by atoms with Gasteiger partial charge in [0, 0.05) is 29.1 Å². The van der Waals surface area contributed by atoms with Crippen LogP contribution in [0.25, 0.3) is 0 Å². The van der Waals surface area contributed by atoms with E-state index in [4.69, 9.17) is 15.2 Å². The molecule has 1 aromatic rings. The van der Waals surface area contributed by atoms with Gasteiger partial charge in [0.05, 0.1) is 13.7 Å². The number of halogens is 1. The van der Waals surface area contributed by atoms with Crippen LogP contribution in [0.5, 0.6) is 5.75 Å². The molecule has 18 heavy (non-hydrogen) atoms. The highest BCUT2D eigenvalue weighted by Crippen LogP contribution is 2.48. The van der Waals surface area contributed by atoms with Crippen LogP contribution < -0.4 is 10.5 Å². The van der Waals surface area contributed by atoms with Crippen LogP contribution in [0.1, 0.15) is 30.4 Å². The third-order valence-electron chi connectivity index (χ3n) is 3.90. The van der Waals surface area contributed by atoms with E-state index in [0.717, 1.165) is 23.1 Å². The van der Waals surface area contributed by atoms with Gasteiger partial charge in [0.25, 0.3) is 0 Å². The molecule has 1 fully saturated rings. The average molecular weight is 314 g/mol. The first-order valence-corrected chi connectivity index (χ1v) is 7.02. The standard InChI is InChI=1S/C14H20BrNO2/c1-17-8-10-6-11(15)7-12(18-2)13(10)14(9-16)4-3-5-14/h6-7H,3-5,8-9,16H2,1-2H3. The van der Waals surface area contributed by atoms with Gasteiger partial charge in [-0.15, -0.1) is 0 Å². The Morgan fingerprint density at radius 2 is 2.06 bits per heavy atom. The molecule has 0 atom stereocenters. The summed E-state index contributed by atoms with van der Waals surface area (Å²) < 4.78 is 11.9. The summed E-state index contributed by atoms with van der Waals surface area (Å²) in [6.07, 6.45) is 3.51. The van der Waals surface area contributed by atoms with E-state index >= 15 is 0 Å². The lowest BCUT2D eigenvalue weighted by molar-refractivity contribution is 0.176. The summed E-state index contributed by atoms with van der Waals surface area (Å²) in [5.41, 5.74) is 8.52. The van der Waals surface area contributed by atoms with Crippen molar-refractivity contribution < 1.29 is 9.47 Å². The van der Waals surface area contributed by atoms with Crippen LogP contribution in [0.4, 0.5) is 0 Å². The Labute approximate surface area is 117 Å². The summed E-state index contributed by atoms with van der Waals surface area (Å²) >= 11 is 3.52. The van der Waals surface area contributed by atoms with Crippen molar-refractivity contribution in [2.45, 2.75) is 31.3 Å². The van der Waals surface area contributed by atoms with Crippen molar-refractivity contribution in [1.82, 2.24) is 0 Å². The van der Waals surface area contributed by atoms with Crippen LogP contribution in [-0.2, 0) is 16.8 Å². The topological polar surface area (TPSA) is 44.5 Å². The Hall–Kier alpha value is -0.580. The van der Waals surface area contributed by atoms with Gasteiger partial charge in [0.2, 0.25) is 0 Å². The molecule has 0 aromatic heterocycles. The van der Waals surface area contributed by atoms with Gasteiger partial charge in [-0.3, -0.25) is 0 Å². The molecule has 0 saturated heterocycles. The minimum Gasteiger partial charge on any atom is -0.496 e. The van der Waals surface area contributed by atoms with Crippen LogP contribution in [0, 0.1) is 0 Å². The molecule has 2 rings (SSSR count). The molecule has 0 spiro atoms. The highest BCUT2D eigenvalue weighted by molar-refractivity contribution is 9.10. The van der Waals surface area contributed by atoms with Gasteiger partial charge in [-0.25, -0.2) is 0 Å². The first-order chi connectivity index (χ1) is 8.66. The molecule has 1 aromatic carbocycles. The Kier molecular flexibility index (Phi) is 4.30. The van der Waals surface area contributed by atoms with E-state index in [1.165, 1.54) is 17.5 Å². The monoisotopic (exact) mass is 313 g/mol. The second-order valence-corrected chi connectivity index (χ2v) is 5.83. The molecule has 0 heterocycles. The molecule has 100 valence electrons. The van der Waals surface area contributed by atoms with Crippen molar-refractivity contribution in [2.75, 3.05) is 20.8 Å². The fourth-order valence-corrected chi connectivity index (χ4v) is 3.31. The first-order valence-electron chi connectivity index (χ1n) is 6.23. The van der Waals surface area contributed by atoms with Crippen molar-refractivity contribution in [3.05, 3.63) is 27.7 Å². The number of nitrogens with two attached hydrogens (primary N) is 1. The summed E-state index contributed by atoms with van der Waals surface area (Å²) in [5, 5.41) is 0. The zero-order chi connectivity index (χ0) is 13.2. The smallest absolute Gasteiger partial charge is 0.124 e. The van der Waals surface area contributed by atoms with E-state index in [2.05, 4.69) is 22.0 Å². The zero-order valence-corrected chi connectivity index (χ0v) is 12.5. The third-order valence-corrected chi connectivity index (χ3v) is 4.36. The molecule has 1 saturated carbocycles. The van der Waals surface area contributed by atoms with Gasteiger partial charge in [0.15, 0.2) is 0 Å². The van der Waals surface area contributed by atoms with Gasteiger partial charge in [-0.1, -0.05) is 22.4 Å². The Morgan fingerprint density at radius 1 is 1.33 bits per heavy atom. The van der Waals surface area contributed by atoms with E-state index < -0.39 is 0 Å². The highest BCUT2D eigenvalue weighted by Gasteiger charge is 2.41. The number of rotatable bonds is 5. The van der Waals surface area contributed by atoms with Gasteiger partial charge < -0.3 is 15.2 Å². The molecular weight excluding hydrogens is 294 g/mol. The molecule has 0 amide bonds. The number of ether oxygens (including phenoxy) is 2. The van der Waals surface area contributed by atoms with Crippen LogP contribution in [-0.4, -0.2) is 20.8 Å². The number of methoxy groups -OCH3 is 2. The van der Waals surface area contributed by atoms with E-state index in [9.17, 15) is 0 Å². The van der Waals surface area contributed by atoms with Crippen molar-refractivity contribution in [1.29, 1.82) is 0 Å². The number of benzene rings is 1. The third kappa shape index (κ3) is 2.29. The summed E-state index contributed by atoms with van der Waals surface area (Å²) in [7, 11) is 3.43. The zero-order valence-electron chi connectivity index (χ0n) is 11.0. The first kappa shape index (κ1) is 13.8. The fraction of sp³-hybridized carbons (Fsp3) is 0.571. The summed E-state index contributed by atoms with van der Waals surface area (Å²) in [4.78, 5) is 0. The number of hydrogen-bond donors (Lipinski definition) is 1. The van der Waals surface area contributed by atoms with Gasteiger partial charge >= 0.3 is 0 Å². The van der Waals surface area contributed by atoms with E-state index in [1.807, 2.05) is 6.07 Å². The van der Waals surface area contributed by atoms with Crippen LogP contribution in [0.15, 0.2) is 16.6 Å². The lowest BCUT2D eigenvalue weighted by atomic mass is 9.63. The number of hydrogen-bond acceptors (Lipinski definition) is 3. The van der Waals surface area contributed by atoms with Crippen molar-refractivity contribution in [3.8, 4) is 5.75 Å². The second kappa shape index (κ2) is 5.59. The summed E-state index contributed by atoms with van der Waals surface area (Å²) in [6.45, 7) is 1.26. The predicted octanol–water partition coefficient (Wildman–Crippen LogP) is 2.98. The maximum atomic E-state index is 6.02. The van der Waals surface area contributed by atoms with Crippen LogP contribution in [0.3, 0.4) is 0 Å². The molecule has 4 heteroatoms. The van der Waals surface area contributed by atoms with Crippen molar-refractivity contribution in [3.63, 3.8) is 0 Å². The molecule has 1 aliphatic rings. The molecule has 2 N–H and O–H groups in total. The summed E-state index contributed by atoms with van der Waals surface area (Å²) in [5.74, 6) is 0.918. The fourth-order valence-electron chi connectivity index (χ4n) is 2.83. The lowest BCUT2D eigenvalue weighted by Gasteiger charge is -2.43. The van der Waals surface area contributed by atoms with Crippen molar-refractivity contribution >= 4 is 15.9 Å². The van der Waals surface area contributed by atoms with Gasteiger partial charge in [-0.2, -0.15) is 0 Å². The van der Waals surface area contributed by atoms with Gasteiger partial charge in [-0.05, 0) is 30.5 Å². The highest BCUT2D eigenvalue weighted by atomic mass is 79.9. The Bertz CT molecular complexity index is 425. The molecule has 0 bridgehead atoms. The van der Waals surface area contributed by atoms with E-state index in [1.54, 1.807) is 14.2 Å². The molecule has 1 aliphatic carbocycles. The lowest BCUT2D eigenvalue weighted by Crippen LogP contribution is -2.42. The normalized spacial score (nSPS) is 17.3. The molecule has 0 radical (unpaired) electrons. The average Bonchev–Trinajstić information content (AvgIpc) is 2.30. The van der Waals surface area contributed by atoms with Crippen LogP contribution in [0.2, 0.25) is 0 Å². The predicted molar refractivity (Wildman–Crippen MR) is 76.0 cm³/mol. The molecule has 0 aliphatic heterocycles. The molecular formula is C14H20BrNO2. The molecule has 3 nitrogen and oxygen atoms in total. The maximum Gasteiger partial charge on any atom is 0.124 e. The quantitative estimate of drug-likeness (QED) is 0.909. The Balaban J connectivity index is 2.54. The minimum atomic E-state index is 0.0832. The largest absolute Gasteiger partial charge is 0.496 e. The molecule has 0 unspecified atom stereocenters. The SMILES string of the molecule is COCc1cc(Br)cc(OC)c1C1(CN)CCC1. The summed E-state index contributed by atoms with van der Waals surface area (Å²) in [6, 6.07) is 4.13. The maximum absolute atomic E-state index is 6.02. The van der Waals surface area contributed by atoms with Crippen molar-refractivity contribution in [2.24, 2.45) is 5.73 Å². The Morgan fingerprint density at radius 3 is 2.50 bits per heavy atom.